The Morgan fingerprint density at radius 2 is 1.65 bits per heavy atom. The monoisotopic (exact) mass is 223 g/mol. The Kier molecular flexibility index (Phi) is 3.22. The molecule has 2 rings (SSSR count). The number of pyridine rings is 1. The molecule has 0 amide bonds. The molecule has 0 aliphatic rings. The fourth-order valence-corrected chi connectivity index (χ4v) is 1.86. The van der Waals surface area contributed by atoms with Crippen LogP contribution in [0.15, 0.2) is 54.9 Å². The van der Waals surface area contributed by atoms with Gasteiger partial charge in [0.2, 0.25) is 0 Å². The molecule has 0 fully saturated rings. The van der Waals surface area contributed by atoms with Crippen LogP contribution in [0.2, 0.25) is 0 Å². The van der Waals surface area contributed by atoms with Crippen molar-refractivity contribution in [2.75, 3.05) is 0 Å². The number of benzene rings is 1. The molecule has 1 atom stereocenters. The fourth-order valence-electron chi connectivity index (χ4n) is 1.86. The maximum absolute atomic E-state index is 10.8. The van der Waals surface area contributed by atoms with E-state index in [-0.39, 0.29) is 6.42 Å². The second kappa shape index (κ2) is 4.82. The van der Waals surface area contributed by atoms with Crippen LogP contribution in [0.5, 0.6) is 0 Å². The minimum atomic E-state index is -1.14. The third-order valence-corrected chi connectivity index (χ3v) is 2.77. The van der Waals surface area contributed by atoms with Gasteiger partial charge in [0.25, 0.3) is 0 Å². The Morgan fingerprint density at radius 3 is 2.24 bits per heavy atom. The van der Waals surface area contributed by atoms with Gasteiger partial charge in [0, 0.05) is 18.8 Å². The topological polar surface area (TPSA) is 33.1 Å². The predicted octanol–water partition coefficient (Wildman–Crippen LogP) is 2.34. The molecule has 0 radical (unpaired) electrons. The lowest BCUT2D eigenvalue weighted by Gasteiger charge is -2.27. The molecule has 17 heavy (non-hydrogen) atoms. The molecule has 0 saturated carbocycles. The number of hydrogen-bond donors (Lipinski definition) is 1. The zero-order valence-electron chi connectivity index (χ0n) is 9.38. The maximum atomic E-state index is 10.8. The molecule has 2 aromatic rings. The number of nitrogens with zero attached hydrogens (tertiary/aromatic N) is 1. The summed E-state index contributed by atoms with van der Waals surface area (Å²) >= 11 is 0. The Balaban J connectivity index is 2.52. The summed E-state index contributed by atoms with van der Waals surface area (Å²) in [7, 11) is 0. The summed E-state index contributed by atoms with van der Waals surface area (Å²) in [6.45, 7) is 0. The summed E-state index contributed by atoms with van der Waals surface area (Å²) < 4.78 is 0. The highest BCUT2D eigenvalue weighted by Crippen LogP contribution is 2.31. The van der Waals surface area contributed by atoms with Crippen molar-refractivity contribution in [3.05, 3.63) is 66.0 Å². The number of rotatable bonds is 3. The van der Waals surface area contributed by atoms with Crippen molar-refractivity contribution in [3.63, 3.8) is 0 Å². The standard InChI is InChI=1S/C15H13NO/c1-2-10-15(17,13-6-4-3-5-7-13)14-8-11-16-12-9-14/h1,3-9,11-12,17H,10H2. The molecule has 0 spiro atoms. The molecule has 1 heterocycles. The van der Waals surface area contributed by atoms with Crippen LogP contribution >= 0.6 is 0 Å². The third kappa shape index (κ3) is 2.20. The van der Waals surface area contributed by atoms with E-state index in [1.54, 1.807) is 24.5 Å². The molecule has 0 aliphatic carbocycles. The van der Waals surface area contributed by atoms with E-state index in [0.717, 1.165) is 11.1 Å². The van der Waals surface area contributed by atoms with E-state index >= 15 is 0 Å². The van der Waals surface area contributed by atoms with Crippen molar-refractivity contribution in [1.82, 2.24) is 4.98 Å². The SMILES string of the molecule is C#CCC(O)(c1ccccc1)c1ccncc1. The lowest BCUT2D eigenvalue weighted by atomic mass is 9.84. The highest BCUT2D eigenvalue weighted by molar-refractivity contribution is 5.36. The van der Waals surface area contributed by atoms with Gasteiger partial charge < -0.3 is 5.11 Å². The lowest BCUT2D eigenvalue weighted by Crippen LogP contribution is -2.26. The Morgan fingerprint density at radius 1 is 1.06 bits per heavy atom. The molecular formula is C15H13NO. The molecule has 0 bridgehead atoms. The second-order valence-electron chi connectivity index (χ2n) is 3.84. The quantitative estimate of drug-likeness (QED) is 0.810. The molecule has 2 heteroatoms. The average molecular weight is 223 g/mol. The molecule has 1 unspecified atom stereocenters. The van der Waals surface area contributed by atoms with Gasteiger partial charge in [-0.1, -0.05) is 30.3 Å². The van der Waals surface area contributed by atoms with Gasteiger partial charge in [-0.05, 0) is 23.3 Å². The summed E-state index contributed by atoms with van der Waals surface area (Å²) in [5.41, 5.74) is 0.416. The average Bonchev–Trinajstić information content (AvgIpc) is 2.41. The van der Waals surface area contributed by atoms with Crippen molar-refractivity contribution < 1.29 is 5.11 Å². The molecule has 0 saturated heterocycles. The summed E-state index contributed by atoms with van der Waals surface area (Å²) in [6, 6.07) is 13.0. The van der Waals surface area contributed by atoms with Gasteiger partial charge in [0.05, 0.1) is 0 Å². The van der Waals surface area contributed by atoms with Crippen LogP contribution in [-0.4, -0.2) is 10.1 Å². The van der Waals surface area contributed by atoms with Gasteiger partial charge in [0.15, 0.2) is 0 Å². The van der Waals surface area contributed by atoms with E-state index in [0.29, 0.717) is 0 Å². The molecule has 0 aliphatic heterocycles. The zero-order chi connectivity index (χ0) is 12.1. The zero-order valence-corrected chi connectivity index (χ0v) is 9.38. The summed E-state index contributed by atoms with van der Waals surface area (Å²) in [5, 5.41) is 10.8. The van der Waals surface area contributed by atoms with E-state index in [9.17, 15) is 5.11 Å². The van der Waals surface area contributed by atoms with Gasteiger partial charge in [-0.25, -0.2) is 0 Å². The van der Waals surface area contributed by atoms with Crippen LogP contribution in [0, 0.1) is 12.3 Å². The van der Waals surface area contributed by atoms with Crippen LogP contribution in [0.4, 0.5) is 0 Å². The van der Waals surface area contributed by atoms with Crippen LogP contribution < -0.4 is 0 Å². The van der Waals surface area contributed by atoms with Crippen LogP contribution in [0.1, 0.15) is 17.5 Å². The fraction of sp³-hybridized carbons (Fsp3) is 0.133. The first-order valence-electron chi connectivity index (χ1n) is 5.39. The number of aromatic nitrogens is 1. The first kappa shape index (κ1) is 11.4. The molecular weight excluding hydrogens is 210 g/mol. The Bertz CT molecular complexity index is 474. The van der Waals surface area contributed by atoms with Crippen LogP contribution in [0.3, 0.4) is 0 Å². The van der Waals surface area contributed by atoms with Crippen LogP contribution in [0.25, 0.3) is 0 Å². The summed E-state index contributed by atoms with van der Waals surface area (Å²) in [4.78, 5) is 3.95. The maximum Gasteiger partial charge on any atom is 0.126 e. The van der Waals surface area contributed by atoms with Crippen LogP contribution in [-0.2, 0) is 5.60 Å². The highest BCUT2D eigenvalue weighted by atomic mass is 16.3. The minimum absolute atomic E-state index is 0.237. The predicted molar refractivity (Wildman–Crippen MR) is 67.1 cm³/mol. The van der Waals surface area contributed by atoms with Crippen molar-refractivity contribution >= 4 is 0 Å². The van der Waals surface area contributed by atoms with Crippen molar-refractivity contribution in [2.24, 2.45) is 0 Å². The van der Waals surface area contributed by atoms with Gasteiger partial charge in [0.1, 0.15) is 5.60 Å². The van der Waals surface area contributed by atoms with E-state index < -0.39 is 5.60 Å². The summed E-state index contributed by atoms with van der Waals surface area (Å²) in [5.74, 6) is 2.53. The van der Waals surface area contributed by atoms with Crippen molar-refractivity contribution in [1.29, 1.82) is 0 Å². The van der Waals surface area contributed by atoms with Gasteiger partial charge in [-0.3, -0.25) is 4.98 Å². The van der Waals surface area contributed by atoms with E-state index in [1.807, 2.05) is 30.3 Å². The van der Waals surface area contributed by atoms with Gasteiger partial charge >= 0.3 is 0 Å². The Hall–Kier alpha value is -2.11. The van der Waals surface area contributed by atoms with E-state index in [4.69, 9.17) is 6.42 Å². The second-order valence-corrected chi connectivity index (χ2v) is 3.84. The first-order chi connectivity index (χ1) is 8.27. The van der Waals surface area contributed by atoms with Crippen molar-refractivity contribution in [2.45, 2.75) is 12.0 Å². The smallest absolute Gasteiger partial charge is 0.126 e. The number of hydrogen-bond acceptors (Lipinski definition) is 2. The molecule has 1 N–H and O–H groups in total. The normalized spacial score (nSPS) is 13.6. The number of terminal acetylenes is 1. The summed E-state index contributed by atoms with van der Waals surface area (Å²) in [6.07, 6.45) is 8.91. The molecule has 84 valence electrons. The minimum Gasteiger partial charge on any atom is -0.379 e. The molecule has 1 aromatic heterocycles. The Labute approximate surface area is 101 Å². The van der Waals surface area contributed by atoms with Gasteiger partial charge in [-0.2, -0.15) is 0 Å². The molecule has 1 aromatic carbocycles. The van der Waals surface area contributed by atoms with E-state index in [1.165, 1.54) is 0 Å². The highest BCUT2D eigenvalue weighted by Gasteiger charge is 2.30. The number of aliphatic hydroxyl groups is 1. The largest absolute Gasteiger partial charge is 0.379 e. The molecule has 2 nitrogen and oxygen atoms in total. The first-order valence-corrected chi connectivity index (χ1v) is 5.39. The van der Waals surface area contributed by atoms with Gasteiger partial charge in [-0.15, -0.1) is 12.3 Å². The lowest BCUT2D eigenvalue weighted by molar-refractivity contribution is 0.0864. The van der Waals surface area contributed by atoms with E-state index in [2.05, 4.69) is 10.9 Å². The van der Waals surface area contributed by atoms with Crippen molar-refractivity contribution in [3.8, 4) is 12.3 Å². The third-order valence-electron chi connectivity index (χ3n) is 2.77.